The minimum absolute atomic E-state index is 0.146. The molecule has 3 rings (SSSR count). The van der Waals surface area contributed by atoms with Crippen LogP contribution in [-0.2, 0) is 15.0 Å². The fraction of sp³-hybridized carbons (Fsp3) is 0.619. The van der Waals surface area contributed by atoms with E-state index in [1.54, 1.807) is 0 Å². The van der Waals surface area contributed by atoms with E-state index in [0.29, 0.717) is 38.5 Å². The van der Waals surface area contributed by atoms with Crippen LogP contribution in [0, 0.1) is 5.92 Å². The number of hydrogen-bond acceptors (Lipinski definition) is 3. The second-order valence-electron chi connectivity index (χ2n) is 8.06. The maximum atomic E-state index is 13.0. The van der Waals surface area contributed by atoms with Crippen molar-refractivity contribution in [1.29, 1.82) is 0 Å². The molecule has 142 valence electrons. The van der Waals surface area contributed by atoms with Crippen molar-refractivity contribution in [2.24, 2.45) is 5.92 Å². The molecule has 0 aromatic heterocycles. The summed E-state index contributed by atoms with van der Waals surface area (Å²) >= 11 is 0. The number of rotatable bonds is 5. The zero-order chi connectivity index (χ0) is 18.6. The van der Waals surface area contributed by atoms with Crippen molar-refractivity contribution in [2.45, 2.75) is 38.5 Å². The zero-order valence-corrected chi connectivity index (χ0v) is 16.0. The number of benzene rings is 1. The van der Waals surface area contributed by atoms with Crippen molar-refractivity contribution in [1.82, 2.24) is 15.1 Å². The molecule has 5 heteroatoms. The summed E-state index contributed by atoms with van der Waals surface area (Å²) in [6.07, 6.45) is 2.80. The van der Waals surface area contributed by atoms with Crippen LogP contribution < -0.4 is 5.32 Å². The van der Waals surface area contributed by atoms with E-state index in [4.69, 9.17) is 0 Å². The van der Waals surface area contributed by atoms with Crippen LogP contribution in [0.3, 0.4) is 0 Å². The van der Waals surface area contributed by atoms with Gasteiger partial charge in [0, 0.05) is 32.6 Å². The smallest absolute Gasteiger partial charge is 0.232 e. The maximum Gasteiger partial charge on any atom is 0.232 e. The zero-order valence-electron chi connectivity index (χ0n) is 16.0. The van der Waals surface area contributed by atoms with Gasteiger partial charge in [-0.25, -0.2) is 0 Å². The van der Waals surface area contributed by atoms with Crippen molar-refractivity contribution in [3.8, 4) is 0 Å². The van der Waals surface area contributed by atoms with Gasteiger partial charge in [0.25, 0.3) is 0 Å². The van der Waals surface area contributed by atoms with Gasteiger partial charge in [-0.05, 0) is 51.3 Å². The van der Waals surface area contributed by atoms with Crippen molar-refractivity contribution in [2.75, 3.05) is 39.3 Å². The second kappa shape index (κ2) is 8.21. The molecule has 1 aromatic carbocycles. The molecule has 0 radical (unpaired) electrons. The first-order chi connectivity index (χ1) is 12.5. The summed E-state index contributed by atoms with van der Waals surface area (Å²) < 4.78 is 0. The fourth-order valence-corrected chi connectivity index (χ4v) is 3.98. The highest BCUT2D eigenvalue weighted by molar-refractivity contribution is 5.87. The number of piperazine rings is 1. The topological polar surface area (TPSA) is 52.7 Å². The Kier molecular flexibility index (Phi) is 5.97. The van der Waals surface area contributed by atoms with E-state index in [9.17, 15) is 9.59 Å². The summed E-state index contributed by atoms with van der Waals surface area (Å²) in [5.74, 6) is 1.03. The molecule has 26 heavy (non-hydrogen) atoms. The van der Waals surface area contributed by atoms with Crippen molar-refractivity contribution in [3.05, 3.63) is 35.9 Å². The Morgan fingerprint density at radius 2 is 1.73 bits per heavy atom. The van der Waals surface area contributed by atoms with Crippen LogP contribution >= 0.6 is 0 Å². The third-order valence-electron chi connectivity index (χ3n) is 5.88. The van der Waals surface area contributed by atoms with Gasteiger partial charge in [0.05, 0.1) is 5.41 Å². The SMILES string of the molecule is CC(C)(C(=O)N1CCN(C(=O)CCC2CCNC2)CC1)c1ccccc1. The van der Waals surface area contributed by atoms with E-state index < -0.39 is 5.41 Å². The van der Waals surface area contributed by atoms with E-state index in [1.165, 1.54) is 6.42 Å². The Morgan fingerprint density at radius 1 is 1.08 bits per heavy atom. The third kappa shape index (κ3) is 4.26. The largest absolute Gasteiger partial charge is 0.339 e. The van der Waals surface area contributed by atoms with Gasteiger partial charge in [-0.2, -0.15) is 0 Å². The van der Waals surface area contributed by atoms with Crippen LogP contribution in [0.25, 0.3) is 0 Å². The lowest BCUT2D eigenvalue weighted by atomic mass is 9.83. The molecule has 1 unspecified atom stereocenters. The summed E-state index contributed by atoms with van der Waals surface area (Å²) in [6.45, 7) is 8.66. The lowest BCUT2D eigenvalue weighted by molar-refractivity contribution is -0.142. The summed E-state index contributed by atoms with van der Waals surface area (Å²) in [6, 6.07) is 9.93. The lowest BCUT2D eigenvalue weighted by Crippen LogP contribution is -2.54. The highest BCUT2D eigenvalue weighted by Gasteiger charge is 2.35. The van der Waals surface area contributed by atoms with Crippen LogP contribution in [0.2, 0.25) is 0 Å². The summed E-state index contributed by atoms with van der Waals surface area (Å²) in [4.78, 5) is 29.3. The first kappa shape index (κ1) is 18.9. The maximum absolute atomic E-state index is 13.0. The van der Waals surface area contributed by atoms with E-state index in [2.05, 4.69) is 5.32 Å². The Balaban J connectivity index is 1.49. The standard InChI is InChI=1S/C21H31N3O2/c1-21(2,18-6-4-3-5-7-18)20(26)24-14-12-23(13-15-24)19(25)9-8-17-10-11-22-16-17/h3-7,17,22H,8-16H2,1-2H3. The van der Waals surface area contributed by atoms with Crippen LogP contribution in [0.5, 0.6) is 0 Å². The minimum atomic E-state index is -0.539. The average molecular weight is 357 g/mol. The van der Waals surface area contributed by atoms with Crippen LogP contribution in [-0.4, -0.2) is 60.9 Å². The highest BCUT2D eigenvalue weighted by Crippen LogP contribution is 2.26. The Labute approximate surface area is 156 Å². The Bertz CT molecular complexity index is 615. The molecule has 2 fully saturated rings. The van der Waals surface area contributed by atoms with Crippen LogP contribution in [0.1, 0.15) is 38.7 Å². The third-order valence-corrected chi connectivity index (χ3v) is 5.88. The molecule has 1 N–H and O–H groups in total. The van der Waals surface area contributed by atoms with E-state index in [1.807, 2.05) is 54.0 Å². The quantitative estimate of drug-likeness (QED) is 0.877. The van der Waals surface area contributed by atoms with Crippen LogP contribution in [0.15, 0.2) is 30.3 Å². The number of nitrogens with one attached hydrogen (secondary N) is 1. The van der Waals surface area contributed by atoms with Gasteiger partial charge in [-0.3, -0.25) is 9.59 Å². The molecule has 0 bridgehead atoms. The van der Waals surface area contributed by atoms with Crippen LogP contribution in [0.4, 0.5) is 0 Å². The predicted molar refractivity (Wildman–Crippen MR) is 103 cm³/mol. The first-order valence-electron chi connectivity index (χ1n) is 9.82. The summed E-state index contributed by atoms with van der Waals surface area (Å²) in [5.41, 5.74) is 0.497. The van der Waals surface area contributed by atoms with Gasteiger partial charge in [0.2, 0.25) is 11.8 Å². The molecule has 0 saturated carbocycles. The molecule has 2 saturated heterocycles. The average Bonchev–Trinajstić information content (AvgIpc) is 3.20. The predicted octanol–water partition coefficient (Wildman–Crippen LogP) is 2.02. The first-order valence-corrected chi connectivity index (χ1v) is 9.82. The van der Waals surface area contributed by atoms with Crippen molar-refractivity contribution < 1.29 is 9.59 Å². The number of hydrogen-bond donors (Lipinski definition) is 1. The monoisotopic (exact) mass is 357 g/mol. The van der Waals surface area contributed by atoms with Gasteiger partial charge in [-0.1, -0.05) is 30.3 Å². The fourth-order valence-electron chi connectivity index (χ4n) is 3.98. The van der Waals surface area contributed by atoms with Gasteiger partial charge in [0.1, 0.15) is 0 Å². The summed E-state index contributed by atoms with van der Waals surface area (Å²) in [7, 11) is 0. The van der Waals surface area contributed by atoms with Gasteiger partial charge in [0.15, 0.2) is 0 Å². The van der Waals surface area contributed by atoms with Gasteiger partial charge < -0.3 is 15.1 Å². The molecular weight excluding hydrogens is 326 g/mol. The molecule has 1 aromatic rings. The molecule has 5 nitrogen and oxygen atoms in total. The molecule has 0 aliphatic carbocycles. The second-order valence-corrected chi connectivity index (χ2v) is 8.06. The molecule has 2 amide bonds. The number of carbonyl (C=O) groups excluding carboxylic acids is 2. The molecule has 0 spiro atoms. The number of nitrogens with zero attached hydrogens (tertiary/aromatic N) is 2. The minimum Gasteiger partial charge on any atom is -0.339 e. The van der Waals surface area contributed by atoms with Gasteiger partial charge in [-0.15, -0.1) is 0 Å². The van der Waals surface area contributed by atoms with Crippen molar-refractivity contribution >= 4 is 11.8 Å². The molecular formula is C21H31N3O2. The Hall–Kier alpha value is -1.88. The summed E-state index contributed by atoms with van der Waals surface area (Å²) in [5, 5.41) is 3.35. The molecule has 2 aliphatic rings. The highest BCUT2D eigenvalue weighted by atomic mass is 16.2. The normalized spacial score (nSPS) is 21.1. The molecule has 2 aliphatic heterocycles. The molecule has 2 heterocycles. The van der Waals surface area contributed by atoms with E-state index in [0.717, 1.165) is 25.1 Å². The molecule has 1 atom stereocenters. The lowest BCUT2D eigenvalue weighted by Gasteiger charge is -2.39. The van der Waals surface area contributed by atoms with Crippen molar-refractivity contribution in [3.63, 3.8) is 0 Å². The van der Waals surface area contributed by atoms with E-state index >= 15 is 0 Å². The van der Waals surface area contributed by atoms with E-state index in [-0.39, 0.29) is 11.8 Å². The Morgan fingerprint density at radius 3 is 2.35 bits per heavy atom. The number of amides is 2. The number of carbonyl (C=O) groups is 2. The van der Waals surface area contributed by atoms with Gasteiger partial charge >= 0.3 is 0 Å².